The lowest BCUT2D eigenvalue weighted by molar-refractivity contribution is -0.0725. The van der Waals surface area contributed by atoms with E-state index in [1.807, 2.05) is 0 Å². The maximum Gasteiger partial charge on any atom is 0.335 e. The number of sulfonamides is 1. The summed E-state index contributed by atoms with van der Waals surface area (Å²) in [6, 6.07) is 2.42. The third kappa shape index (κ3) is 4.80. The number of carbonyl (C=O) groups excluding carboxylic acids is 1. The minimum atomic E-state index is -4.34. The molecule has 40 heavy (non-hydrogen) atoms. The van der Waals surface area contributed by atoms with Gasteiger partial charge in [-0.3, -0.25) is 4.57 Å². The summed E-state index contributed by atoms with van der Waals surface area (Å²) in [6.07, 6.45) is -0.787. The second-order valence-electron chi connectivity index (χ2n) is 9.85. The maximum absolute atomic E-state index is 13.8. The monoisotopic (exact) mass is 601 g/mol. The van der Waals surface area contributed by atoms with Crippen LogP contribution in [-0.4, -0.2) is 96.2 Å². The first-order chi connectivity index (χ1) is 18.9. The van der Waals surface area contributed by atoms with E-state index >= 15 is 0 Å². The Morgan fingerprint density at radius 3 is 2.52 bits per heavy atom. The van der Waals surface area contributed by atoms with Crippen molar-refractivity contribution in [1.82, 2.24) is 33.9 Å². The average molecular weight is 602 g/mol. The third-order valence-electron chi connectivity index (χ3n) is 6.81. The molecule has 2 amide bonds. The van der Waals surface area contributed by atoms with Crippen LogP contribution >= 0.6 is 11.3 Å². The van der Waals surface area contributed by atoms with Gasteiger partial charge in [-0.2, -0.15) is 4.72 Å². The molecule has 2 aromatic heterocycles. The van der Waals surface area contributed by atoms with Crippen LogP contribution in [0.25, 0.3) is 21.7 Å². The molecule has 2 aliphatic heterocycles. The molecule has 1 aromatic carbocycles. The largest absolute Gasteiger partial charge is 0.377 e. The number of rotatable bonds is 7. The zero-order chi connectivity index (χ0) is 29.0. The first-order valence-corrected chi connectivity index (χ1v) is 14.4. The number of nitrogens with one attached hydrogen (secondary N) is 1. The van der Waals surface area contributed by atoms with Gasteiger partial charge in [-0.25, -0.2) is 35.7 Å². The number of ether oxygens (including phenoxy) is 1. The zero-order valence-electron chi connectivity index (χ0n) is 21.7. The lowest BCUT2D eigenvalue weighted by Crippen LogP contribution is -2.63. The van der Waals surface area contributed by atoms with Crippen molar-refractivity contribution in [3.05, 3.63) is 39.3 Å². The number of hydrogen-bond donors (Lipinski definition) is 1. The molecule has 0 bridgehead atoms. The number of urea groups is 1. The number of nitrogens with zero attached hydrogens (tertiary/aromatic N) is 6. The van der Waals surface area contributed by atoms with Gasteiger partial charge in [0.1, 0.15) is 12.2 Å². The van der Waals surface area contributed by atoms with Gasteiger partial charge in [0.25, 0.3) is 6.43 Å². The number of amides is 2. The van der Waals surface area contributed by atoms with Crippen LogP contribution in [0.15, 0.2) is 27.9 Å². The number of imidazole rings is 1. The predicted octanol–water partition coefficient (Wildman–Crippen LogP) is 1.91. The summed E-state index contributed by atoms with van der Waals surface area (Å²) in [5.41, 5.74) is -0.560. The van der Waals surface area contributed by atoms with Crippen LogP contribution in [0.2, 0.25) is 0 Å². The minimum absolute atomic E-state index is 0.0918. The maximum atomic E-state index is 13.8. The third-order valence-corrected chi connectivity index (χ3v) is 9.28. The summed E-state index contributed by atoms with van der Waals surface area (Å²) in [7, 11) is 0.406. The van der Waals surface area contributed by atoms with Crippen molar-refractivity contribution in [2.75, 3.05) is 47.1 Å². The standard InChI is InChI=1S/C23H26F3N7O5S2/c1-30(2)21(34)32-6-4-13(5-7-32)15-8-14(40(36,37)29-23(10-24)11-38-12-23)9-16-17(15)31(3)22(35)33(16)20-28-27-19(39-20)18(25)26/h4,8-9,18,29H,5-7,10-12H2,1-3H3. The lowest BCUT2D eigenvalue weighted by atomic mass is 9.98. The SMILES string of the molecule is CN(C)C(=O)N1CC=C(c2cc(S(=O)(=O)NC3(CF)COC3)cc3c2n(C)c(=O)n3-c2nnc(C(F)F)s2)CC1. The first kappa shape index (κ1) is 28.3. The molecule has 1 N–H and O–H groups in total. The van der Waals surface area contributed by atoms with Crippen molar-refractivity contribution in [3.63, 3.8) is 0 Å². The Morgan fingerprint density at radius 2 is 2.00 bits per heavy atom. The van der Waals surface area contributed by atoms with Gasteiger partial charge in [0.05, 0.1) is 29.1 Å². The number of halogens is 3. The number of hydrogen-bond acceptors (Lipinski definition) is 8. The van der Waals surface area contributed by atoms with Gasteiger partial charge < -0.3 is 14.5 Å². The fourth-order valence-electron chi connectivity index (χ4n) is 4.68. The molecule has 1 fully saturated rings. The van der Waals surface area contributed by atoms with Crippen molar-refractivity contribution >= 4 is 44.0 Å². The van der Waals surface area contributed by atoms with Crippen LogP contribution in [0.5, 0.6) is 0 Å². The van der Waals surface area contributed by atoms with E-state index in [0.717, 1.165) is 4.57 Å². The first-order valence-electron chi connectivity index (χ1n) is 12.1. The van der Waals surface area contributed by atoms with Crippen LogP contribution in [0.4, 0.5) is 18.0 Å². The summed E-state index contributed by atoms with van der Waals surface area (Å²) < 4.78 is 77.0. The number of aryl methyl sites for hydroxylation is 1. The number of carbonyl (C=O) groups is 1. The molecule has 0 aliphatic carbocycles. The van der Waals surface area contributed by atoms with Gasteiger partial charge >= 0.3 is 11.7 Å². The van der Waals surface area contributed by atoms with Crippen LogP contribution in [0, 0.1) is 0 Å². The highest BCUT2D eigenvalue weighted by Crippen LogP contribution is 2.34. The van der Waals surface area contributed by atoms with Gasteiger partial charge in [-0.1, -0.05) is 17.4 Å². The van der Waals surface area contributed by atoms with Crippen molar-refractivity contribution in [1.29, 1.82) is 0 Å². The molecule has 0 spiro atoms. The highest BCUT2D eigenvalue weighted by Gasteiger charge is 2.43. The molecule has 0 saturated carbocycles. The van der Waals surface area contributed by atoms with E-state index in [1.54, 1.807) is 25.1 Å². The molecule has 12 nitrogen and oxygen atoms in total. The van der Waals surface area contributed by atoms with E-state index in [2.05, 4.69) is 14.9 Å². The van der Waals surface area contributed by atoms with Gasteiger partial charge in [0.15, 0.2) is 5.01 Å². The van der Waals surface area contributed by atoms with Gasteiger partial charge in [-0.15, -0.1) is 10.2 Å². The molecular formula is C23H26F3N7O5S2. The molecule has 5 rings (SSSR count). The van der Waals surface area contributed by atoms with Crippen molar-refractivity contribution in [2.24, 2.45) is 7.05 Å². The number of benzene rings is 1. The summed E-state index contributed by atoms with van der Waals surface area (Å²) >= 11 is 0.507. The van der Waals surface area contributed by atoms with Crippen LogP contribution in [0.1, 0.15) is 23.4 Å². The predicted molar refractivity (Wildman–Crippen MR) is 140 cm³/mol. The smallest absolute Gasteiger partial charge is 0.335 e. The van der Waals surface area contributed by atoms with Crippen LogP contribution in [-0.2, 0) is 21.8 Å². The summed E-state index contributed by atoms with van der Waals surface area (Å²) in [4.78, 5) is 28.6. The fraction of sp³-hybridized carbons (Fsp3) is 0.478. The lowest BCUT2D eigenvalue weighted by Gasteiger charge is -2.39. The Kier molecular flexibility index (Phi) is 7.26. The number of aromatic nitrogens is 4. The average Bonchev–Trinajstić information content (AvgIpc) is 3.48. The summed E-state index contributed by atoms with van der Waals surface area (Å²) in [5.74, 6) is 0. The minimum Gasteiger partial charge on any atom is -0.377 e. The molecule has 17 heteroatoms. The van der Waals surface area contributed by atoms with Gasteiger partial charge in [-0.05, 0) is 24.1 Å². The second kappa shape index (κ2) is 10.3. The highest BCUT2D eigenvalue weighted by molar-refractivity contribution is 7.89. The van der Waals surface area contributed by atoms with Crippen LogP contribution in [0.3, 0.4) is 0 Å². The van der Waals surface area contributed by atoms with E-state index in [0.29, 0.717) is 41.0 Å². The molecule has 0 unspecified atom stereocenters. The summed E-state index contributed by atoms with van der Waals surface area (Å²) in [6.45, 7) is -0.690. The fourth-order valence-corrected chi connectivity index (χ4v) is 6.79. The Labute approximate surface area is 230 Å². The number of fused-ring (bicyclic) bond motifs is 1. The topological polar surface area (TPSA) is 132 Å². The molecular weight excluding hydrogens is 575 g/mol. The van der Waals surface area contributed by atoms with E-state index < -0.39 is 39.4 Å². The summed E-state index contributed by atoms with van der Waals surface area (Å²) in [5, 5.41) is 6.45. The zero-order valence-corrected chi connectivity index (χ0v) is 23.4. The van der Waals surface area contributed by atoms with Gasteiger partial charge in [0.2, 0.25) is 15.2 Å². The van der Waals surface area contributed by atoms with E-state index in [-0.39, 0.29) is 41.3 Å². The van der Waals surface area contributed by atoms with E-state index in [1.165, 1.54) is 28.6 Å². The molecule has 4 heterocycles. The van der Waals surface area contributed by atoms with Gasteiger partial charge in [0, 0.05) is 39.8 Å². The molecule has 0 radical (unpaired) electrons. The quantitative estimate of drug-likeness (QED) is 0.438. The van der Waals surface area contributed by atoms with Crippen molar-refractivity contribution in [3.8, 4) is 5.13 Å². The second-order valence-corrected chi connectivity index (χ2v) is 12.5. The van der Waals surface area contributed by atoms with E-state index in [9.17, 15) is 31.2 Å². The van der Waals surface area contributed by atoms with E-state index in [4.69, 9.17) is 4.74 Å². The molecule has 216 valence electrons. The Morgan fingerprint density at radius 1 is 1.27 bits per heavy atom. The molecule has 1 saturated heterocycles. The molecule has 0 atom stereocenters. The van der Waals surface area contributed by atoms with Crippen LogP contribution < -0.4 is 10.4 Å². The number of alkyl halides is 3. The van der Waals surface area contributed by atoms with Crippen molar-refractivity contribution < 1.29 is 31.1 Å². The normalized spacial score (nSPS) is 17.3. The highest BCUT2D eigenvalue weighted by atomic mass is 32.2. The Bertz CT molecular complexity index is 1670. The van der Waals surface area contributed by atoms with Crippen molar-refractivity contribution in [2.45, 2.75) is 23.3 Å². The molecule has 3 aromatic rings. The Hall–Kier alpha value is -3.28. The Balaban J connectivity index is 1.70. The molecule has 2 aliphatic rings.